The van der Waals surface area contributed by atoms with Crippen molar-refractivity contribution in [2.75, 3.05) is 13.7 Å². The van der Waals surface area contributed by atoms with Crippen LogP contribution < -0.4 is 4.74 Å². The van der Waals surface area contributed by atoms with Gasteiger partial charge in [0.1, 0.15) is 6.61 Å². The number of carbonyl (C=O) groups is 1. The minimum Gasteiger partial charge on any atom is -0.464 e. The average molecular weight is 264 g/mol. The molecule has 0 aliphatic heterocycles. The predicted octanol–water partition coefficient (Wildman–Crippen LogP) is 1.90. The number of hydrogen-bond donors (Lipinski definition) is 0. The molecule has 1 rings (SSSR count). The zero-order chi connectivity index (χ0) is 13.8. The molecule has 0 aliphatic carbocycles. The number of esters is 1. The van der Waals surface area contributed by atoms with Crippen LogP contribution in [0, 0.1) is 6.92 Å². The Balaban J connectivity index is 2.71. The quantitative estimate of drug-likeness (QED) is 0.777. The van der Waals surface area contributed by atoms with Gasteiger partial charge in [-0.1, -0.05) is 0 Å². The van der Waals surface area contributed by atoms with Gasteiger partial charge in [0.25, 0.3) is 0 Å². The number of nitrogens with zero attached hydrogens (tertiary/aromatic N) is 2. The standard InChI is InChI=1S/C10H11F3N2O3/c1-6-5-7(8(16)17-2)15-9(14-6)18-4-3-10(11,12)13/h5H,3-4H2,1-2H3. The van der Waals surface area contributed by atoms with Crippen molar-refractivity contribution in [2.24, 2.45) is 0 Å². The fourth-order valence-corrected chi connectivity index (χ4v) is 1.07. The molecule has 1 aromatic heterocycles. The summed E-state index contributed by atoms with van der Waals surface area (Å²) in [4.78, 5) is 18.6. The molecule has 0 radical (unpaired) electrons. The summed E-state index contributed by atoms with van der Waals surface area (Å²) >= 11 is 0. The van der Waals surface area contributed by atoms with Crippen molar-refractivity contribution in [1.82, 2.24) is 9.97 Å². The molecule has 8 heteroatoms. The zero-order valence-corrected chi connectivity index (χ0v) is 9.74. The van der Waals surface area contributed by atoms with Crippen LogP contribution >= 0.6 is 0 Å². The Bertz CT molecular complexity index is 435. The molecule has 1 heterocycles. The predicted molar refractivity (Wildman–Crippen MR) is 54.3 cm³/mol. The molecule has 0 aliphatic rings. The first-order chi connectivity index (χ1) is 8.31. The number of rotatable bonds is 4. The summed E-state index contributed by atoms with van der Waals surface area (Å²) in [6.07, 6.45) is -5.42. The lowest BCUT2D eigenvalue weighted by Crippen LogP contribution is -2.15. The molecule has 0 bridgehead atoms. The van der Waals surface area contributed by atoms with Gasteiger partial charge in [-0.3, -0.25) is 0 Å². The summed E-state index contributed by atoms with van der Waals surface area (Å²) in [5.41, 5.74) is 0.333. The van der Waals surface area contributed by atoms with E-state index in [9.17, 15) is 18.0 Å². The van der Waals surface area contributed by atoms with E-state index in [1.54, 1.807) is 6.92 Å². The molecule has 18 heavy (non-hydrogen) atoms. The molecule has 5 nitrogen and oxygen atoms in total. The van der Waals surface area contributed by atoms with Crippen LogP contribution in [-0.2, 0) is 4.74 Å². The summed E-state index contributed by atoms with van der Waals surface area (Å²) in [7, 11) is 1.17. The Morgan fingerprint density at radius 2 is 2.06 bits per heavy atom. The number of alkyl halides is 3. The summed E-state index contributed by atoms with van der Waals surface area (Å²) in [6, 6.07) is 1.07. The Labute approximate surface area is 101 Å². The molecule has 100 valence electrons. The number of carbonyl (C=O) groups excluding carboxylic acids is 1. The Kier molecular flexibility index (Phi) is 4.46. The van der Waals surface area contributed by atoms with Crippen molar-refractivity contribution in [3.63, 3.8) is 0 Å². The number of hydrogen-bond acceptors (Lipinski definition) is 5. The Morgan fingerprint density at radius 1 is 1.39 bits per heavy atom. The van der Waals surface area contributed by atoms with E-state index in [-0.39, 0.29) is 11.7 Å². The molecular formula is C10H11F3N2O3. The molecule has 0 saturated carbocycles. The monoisotopic (exact) mass is 264 g/mol. The van der Waals surface area contributed by atoms with Crippen LogP contribution in [-0.4, -0.2) is 35.8 Å². The fraction of sp³-hybridized carbons (Fsp3) is 0.500. The molecule has 0 spiro atoms. The number of ether oxygens (including phenoxy) is 2. The molecule has 0 N–H and O–H groups in total. The highest BCUT2D eigenvalue weighted by molar-refractivity contribution is 5.87. The van der Waals surface area contributed by atoms with Gasteiger partial charge in [0.05, 0.1) is 13.5 Å². The number of aromatic nitrogens is 2. The van der Waals surface area contributed by atoms with E-state index in [1.807, 2.05) is 0 Å². The van der Waals surface area contributed by atoms with E-state index in [4.69, 9.17) is 4.74 Å². The van der Waals surface area contributed by atoms with Gasteiger partial charge in [-0.05, 0) is 13.0 Å². The molecule has 1 aromatic rings. The minimum atomic E-state index is -4.31. The number of aryl methyl sites for hydroxylation is 1. The van der Waals surface area contributed by atoms with E-state index in [0.717, 1.165) is 0 Å². The van der Waals surface area contributed by atoms with E-state index in [2.05, 4.69) is 14.7 Å². The Morgan fingerprint density at radius 3 is 2.61 bits per heavy atom. The highest BCUT2D eigenvalue weighted by Gasteiger charge is 2.27. The van der Waals surface area contributed by atoms with Crippen molar-refractivity contribution in [1.29, 1.82) is 0 Å². The van der Waals surface area contributed by atoms with Gasteiger partial charge in [-0.15, -0.1) is 0 Å². The highest BCUT2D eigenvalue weighted by Crippen LogP contribution is 2.19. The van der Waals surface area contributed by atoms with E-state index in [0.29, 0.717) is 5.69 Å². The van der Waals surface area contributed by atoms with Crippen LogP contribution in [0.25, 0.3) is 0 Å². The van der Waals surface area contributed by atoms with Crippen LogP contribution in [0.4, 0.5) is 13.2 Å². The van der Waals surface area contributed by atoms with Crippen LogP contribution in [0.1, 0.15) is 22.6 Å². The molecule has 0 amide bonds. The van der Waals surface area contributed by atoms with Gasteiger partial charge in [-0.25, -0.2) is 9.78 Å². The zero-order valence-electron chi connectivity index (χ0n) is 9.74. The van der Waals surface area contributed by atoms with Crippen molar-refractivity contribution in [3.8, 4) is 6.01 Å². The fourth-order valence-electron chi connectivity index (χ4n) is 1.07. The minimum absolute atomic E-state index is 0.0630. The molecular weight excluding hydrogens is 253 g/mol. The third kappa shape index (κ3) is 4.56. The van der Waals surface area contributed by atoms with Crippen molar-refractivity contribution < 1.29 is 27.4 Å². The number of methoxy groups -OCH3 is 1. The van der Waals surface area contributed by atoms with Gasteiger partial charge in [-0.2, -0.15) is 18.2 Å². The lowest BCUT2D eigenvalue weighted by Gasteiger charge is -2.08. The van der Waals surface area contributed by atoms with Crippen molar-refractivity contribution in [3.05, 3.63) is 17.5 Å². The van der Waals surface area contributed by atoms with Gasteiger partial charge < -0.3 is 9.47 Å². The molecule has 0 unspecified atom stereocenters. The summed E-state index contributed by atoms with van der Waals surface area (Å²) in [5, 5.41) is 0. The molecule has 0 aromatic carbocycles. The second-order valence-electron chi connectivity index (χ2n) is 3.38. The topological polar surface area (TPSA) is 61.3 Å². The third-order valence-corrected chi connectivity index (χ3v) is 1.84. The third-order valence-electron chi connectivity index (χ3n) is 1.84. The van der Waals surface area contributed by atoms with Gasteiger partial charge in [0.2, 0.25) is 0 Å². The van der Waals surface area contributed by atoms with E-state index >= 15 is 0 Å². The van der Waals surface area contributed by atoms with Gasteiger partial charge >= 0.3 is 18.2 Å². The Hall–Kier alpha value is -1.86. The van der Waals surface area contributed by atoms with Crippen LogP contribution in [0.2, 0.25) is 0 Å². The summed E-state index contributed by atoms with van der Waals surface area (Å²) in [5.74, 6) is -0.707. The van der Waals surface area contributed by atoms with E-state index in [1.165, 1.54) is 13.2 Å². The number of halogens is 3. The van der Waals surface area contributed by atoms with Crippen molar-refractivity contribution >= 4 is 5.97 Å². The summed E-state index contributed by atoms with van der Waals surface area (Å²) < 4.78 is 44.9. The first-order valence-electron chi connectivity index (χ1n) is 4.95. The van der Waals surface area contributed by atoms with Crippen LogP contribution in [0.5, 0.6) is 6.01 Å². The lowest BCUT2D eigenvalue weighted by molar-refractivity contribution is -0.139. The molecule has 0 saturated heterocycles. The maximum Gasteiger partial charge on any atom is 0.392 e. The van der Waals surface area contributed by atoms with Crippen molar-refractivity contribution in [2.45, 2.75) is 19.5 Å². The summed E-state index contributed by atoms with van der Waals surface area (Å²) in [6.45, 7) is 0.957. The van der Waals surface area contributed by atoms with Gasteiger partial charge in [0.15, 0.2) is 5.69 Å². The van der Waals surface area contributed by atoms with Crippen LogP contribution in [0.3, 0.4) is 0 Å². The molecule has 0 fully saturated rings. The van der Waals surface area contributed by atoms with Gasteiger partial charge in [0, 0.05) is 5.69 Å². The average Bonchev–Trinajstić information content (AvgIpc) is 2.25. The first kappa shape index (κ1) is 14.2. The highest BCUT2D eigenvalue weighted by atomic mass is 19.4. The molecule has 0 atom stereocenters. The lowest BCUT2D eigenvalue weighted by atomic mass is 10.3. The maximum atomic E-state index is 11.9. The second kappa shape index (κ2) is 5.65. The SMILES string of the molecule is COC(=O)c1cc(C)nc(OCCC(F)(F)F)n1. The smallest absolute Gasteiger partial charge is 0.392 e. The van der Waals surface area contributed by atoms with E-state index < -0.39 is 25.2 Å². The normalized spacial score (nSPS) is 11.2. The first-order valence-corrected chi connectivity index (χ1v) is 4.95. The maximum absolute atomic E-state index is 11.9. The second-order valence-corrected chi connectivity index (χ2v) is 3.38. The largest absolute Gasteiger partial charge is 0.464 e. The van der Waals surface area contributed by atoms with Crippen LogP contribution in [0.15, 0.2) is 6.07 Å².